The molecule has 5 heteroatoms. The zero-order chi connectivity index (χ0) is 16.7. The van der Waals surface area contributed by atoms with Gasteiger partial charge in [-0.25, -0.2) is 9.67 Å². The van der Waals surface area contributed by atoms with Crippen LogP contribution < -0.4 is 10.5 Å². The summed E-state index contributed by atoms with van der Waals surface area (Å²) < 4.78 is 1.58. The van der Waals surface area contributed by atoms with Gasteiger partial charge in [-0.15, -0.1) is 0 Å². The minimum absolute atomic E-state index is 0.0290. The SMILES string of the molecule is Cc1ccc(=O)n(CC2CN(c3cc(C)c4ccccc4n3)C2)n1. The first kappa shape index (κ1) is 14.9. The number of para-hydroxylation sites is 1. The first-order chi connectivity index (χ1) is 11.6. The Kier molecular flexibility index (Phi) is 3.56. The lowest BCUT2D eigenvalue weighted by atomic mass is 9.99. The van der Waals surface area contributed by atoms with Gasteiger partial charge in [0, 0.05) is 30.5 Å². The van der Waals surface area contributed by atoms with Crippen molar-refractivity contribution in [3.05, 3.63) is 64.1 Å². The van der Waals surface area contributed by atoms with Crippen LogP contribution in [0.25, 0.3) is 10.9 Å². The van der Waals surface area contributed by atoms with Crippen molar-refractivity contribution in [3.63, 3.8) is 0 Å². The third kappa shape index (κ3) is 2.66. The second-order valence-corrected chi connectivity index (χ2v) is 6.58. The van der Waals surface area contributed by atoms with Crippen LogP contribution >= 0.6 is 0 Å². The van der Waals surface area contributed by atoms with E-state index in [1.807, 2.05) is 19.1 Å². The fourth-order valence-corrected chi connectivity index (χ4v) is 3.29. The maximum atomic E-state index is 11.9. The van der Waals surface area contributed by atoms with Crippen molar-refractivity contribution in [2.75, 3.05) is 18.0 Å². The minimum Gasteiger partial charge on any atom is -0.356 e. The van der Waals surface area contributed by atoms with Gasteiger partial charge in [0.05, 0.1) is 17.8 Å². The van der Waals surface area contributed by atoms with Crippen LogP contribution in [0.2, 0.25) is 0 Å². The molecule has 3 aromatic rings. The topological polar surface area (TPSA) is 51.0 Å². The normalized spacial score (nSPS) is 14.8. The van der Waals surface area contributed by atoms with Gasteiger partial charge in [-0.1, -0.05) is 18.2 Å². The van der Waals surface area contributed by atoms with Gasteiger partial charge in [0.1, 0.15) is 5.82 Å². The van der Waals surface area contributed by atoms with Crippen LogP contribution in [0.3, 0.4) is 0 Å². The van der Waals surface area contributed by atoms with Gasteiger partial charge in [-0.05, 0) is 37.6 Å². The molecule has 1 saturated heterocycles. The molecule has 4 rings (SSSR count). The van der Waals surface area contributed by atoms with E-state index in [0.717, 1.165) is 30.1 Å². The van der Waals surface area contributed by atoms with Crippen LogP contribution in [0.15, 0.2) is 47.3 Å². The summed E-state index contributed by atoms with van der Waals surface area (Å²) in [7, 11) is 0. The molecule has 0 amide bonds. The van der Waals surface area contributed by atoms with E-state index in [9.17, 15) is 4.79 Å². The molecule has 122 valence electrons. The highest BCUT2D eigenvalue weighted by atomic mass is 16.1. The molecule has 24 heavy (non-hydrogen) atoms. The van der Waals surface area contributed by atoms with Crippen LogP contribution in [0.5, 0.6) is 0 Å². The Morgan fingerprint density at radius 2 is 1.92 bits per heavy atom. The van der Waals surface area contributed by atoms with Crippen LogP contribution in [0.4, 0.5) is 5.82 Å². The molecular formula is C19H20N4O. The molecule has 5 nitrogen and oxygen atoms in total. The zero-order valence-corrected chi connectivity index (χ0v) is 13.9. The number of fused-ring (bicyclic) bond motifs is 1. The fourth-order valence-electron chi connectivity index (χ4n) is 3.29. The molecule has 1 aromatic carbocycles. The first-order valence-corrected chi connectivity index (χ1v) is 8.26. The van der Waals surface area contributed by atoms with E-state index in [0.29, 0.717) is 12.5 Å². The zero-order valence-electron chi connectivity index (χ0n) is 13.9. The molecule has 0 aliphatic carbocycles. The van der Waals surface area contributed by atoms with E-state index < -0.39 is 0 Å². The van der Waals surface area contributed by atoms with Crippen molar-refractivity contribution in [1.82, 2.24) is 14.8 Å². The van der Waals surface area contributed by atoms with Crippen molar-refractivity contribution in [1.29, 1.82) is 0 Å². The molecule has 0 radical (unpaired) electrons. The van der Waals surface area contributed by atoms with Gasteiger partial charge in [-0.2, -0.15) is 5.10 Å². The molecule has 0 N–H and O–H groups in total. The largest absolute Gasteiger partial charge is 0.356 e. The highest BCUT2D eigenvalue weighted by molar-refractivity contribution is 5.83. The average molecular weight is 320 g/mol. The fraction of sp³-hybridized carbons (Fsp3) is 0.316. The quantitative estimate of drug-likeness (QED) is 0.744. The third-order valence-corrected chi connectivity index (χ3v) is 4.62. The van der Waals surface area contributed by atoms with Gasteiger partial charge >= 0.3 is 0 Å². The number of benzene rings is 1. The molecule has 0 spiro atoms. The number of aryl methyl sites for hydroxylation is 2. The lowest BCUT2D eigenvalue weighted by Gasteiger charge is -2.40. The van der Waals surface area contributed by atoms with E-state index in [1.54, 1.807) is 16.8 Å². The highest BCUT2D eigenvalue weighted by Gasteiger charge is 2.29. The summed E-state index contributed by atoms with van der Waals surface area (Å²) in [5.41, 5.74) is 3.12. The number of aromatic nitrogens is 3. The van der Waals surface area contributed by atoms with Crippen molar-refractivity contribution in [2.45, 2.75) is 20.4 Å². The van der Waals surface area contributed by atoms with Crippen molar-refractivity contribution < 1.29 is 0 Å². The molecule has 1 aliphatic heterocycles. The van der Waals surface area contributed by atoms with Crippen molar-refractivity contribution >= 4 is 16.7 Å². The molecule has 0 saturated carbocycles. The smallest absolute Gasteiger partial charge is 0.266 e. The number of anilines is 1. The number of nitrogens with zero attached hydrogens (tertiary/aromatic N) is 4. The number of pyridine rings is 1. The monoisotopic (exact) mass is 320 g/mol. The van der Waals surface area contributed by atoms with Crippen molar-refractivity contribution in [2.24, 2.45) is 5.92 Å². The molecule has 0 bridgehead atoms. The van der Waals surface area contributed by atoms with Gasteiger partial charge in [0.2, 0.25) is 0 Å². The second-order valence-electron chi connectivity index (χ2n) is 6.58. The number of hydrogen-bond donors (Lipinski definition) is 0. The maximum Gasteiger partial charge on any atom is 0.266 e. The highest BCUT2D eigenvalue weighted by Crippen LogP contribution is 2.27. The lowest BCUT2D eigenvalue weighted by Crippen LogP contribution is -2.50. The summed E-state index contributed by atoms with van der Waals surface area (Å²) in [5, 5.41) is 5.52. The number of hydrogen-bond acceptors (Lipinski definition) is 4. The second kappa shape index (κ2) is 5.74. The predicted octanol–water partition coefficient (Wildman–Crippen LogP) is 2.54. The van der Waals surface area contributed by atoms with Gasteiger partial charge < -0.3 is 4.90 Å². The van der Waals surface area contributed by atoms with Crippen LogP contribution in [0.1, 0.15) is 11.3 Å². The summed E-state index contributed by atoms with van der Waals surface area (Å²) in [6.45, 7) is 6.52. The predicted molar refractivity (Wildman–Crippen MR) is 95.4 cm³/mol. The summed E-state index contributed by atoms with van der Waals surface area (Å²) in [6, 6.07) is 13.7. The molecule has 0 unspecified atom stereocenters. The summed E-state index contributed by atoms with van der Waals surface area (Å²) in [5.74, 6) is 1.46. The number of rotatable bonds is 3. The van der Waals surface area contributed by atoms with E-state index in [4.69, 9.17) is 4.98 Å². The summed E-state index contributed by atoms with van der Waals surface area (Å²) >= 11 is 0. The average Bonchev–Trinajstić information content (AvgIpc) is 2.53. The maximum absolute atomic E-state index is 11.9. The Balaban J connectivity index is 1.49. The Morgan fingerprint density at radius 1 is 1.12 bits per heavy atom. The van der Waals surface area contributed by atoms with Gasteiger partial charge in [0.25, 0.3) is 5.56 Å². The molecule has 2 aromatic heterocycles. The minimum atomic E-state index is -0.0290. The van der Waals surface area contributed by atoms with E-state index in [1.165, 1.54) is 10.9 Å². The Morgan fingerprint density at radius 3 is 2.75 bits per heavy atom. The van der Waals surface area contributed by atoms with Gasteiger partial charge in [0.15, 0.2) is 0 Å². The van der Waals surface area contributed by atoms with E-state index in [2.05, 4.69) is 35.1 Å². The molecule has 3 heterocycles. The molecule has 0 atom stereocenters. The van der Waals surface area contributed by atoms with E-state index >= 15 is 0 Å². The van der Waals surface area contributed by atoms with Crippen LogP contribution in [-0.4, -0.2) is 27.9 Å². The third-order valence-electron chi connectivity index (χ3n) is 4.62. The summed E-state index contributed by atoms with van der Waals surface area (Å²) in [6.07, 6.45) is 0. The Hall–Kier alpha value is -2.69. The lowest BCUT2D eigenvalue weighted by molar-refractivity contribution is 0.332. The molecule has 1 aliphatic rings. The van der Waals surface area contributed by atoms with Crippen LogP contribution in [0, 0.1) is 19.8 Å². The van der Waals surface area contributed by atoms with Crippen LogP contribution in [-0.2, 0) is 6.54 Å². The Labute approximate surface area is 140 Å². The summed E-state index contributed by atoms with van der Waals surface area (Å²) in [4.78, 5) is 18.9. The van der Waals surface area contributed by atoms with Gasteiger partial charge in [-0.3, -0.25) is 4.79 Å². The first-order valence-electron chi connectivity index (χ1n) is 8.26. The molecular weight excluding hydrogens is 300 g/mol. The standard InChI is InChI=1S/C19H20N4O/c1-13-9-18(20-17-6-4-3-5-16(13)17)22-10-15(11-22)12-23-19(24)8-7-14(2)21-23/h3-9,15H,10-12H2,1-2H3. The van der Waals surface area contributed by atoms with E-state index in [-0.39, 0.29) is 5.56 Å². The Bertz CT molecular complexity index is 957. The van der Waals surface area contributed by atoms with Crippen molar-refractivity contribution in [3.8, 4) is 0 Å². The molecule has 1 fully saturated rings.